The van der Waals surface area contributed by atoms with Gasteiger partial charge in [0.1, 0.15) is 11.9 Å². The van der Waals surface area contributed by atoms with Crippen LogP contribution in [0.2, 0.25) is 0 Å². The van der Waals surface area contributed by atoms with E-state index in [1.54, 1.807) is 0 Å². The van der Waals surface area contributed by atoms with Crippen LogP contribution < -0.4 is 4.74 Å². The topological polar surface area (TPSA) is 38.7 Å². The lowest BCUT2D eigenvalue weighted by Gasteiger charge is -2.30. The minimum Gasteiger partial charge on any atom is -0.494 e. The summed E-state index contributed by atoms with van der Waals surface area (Å²) in [6, 6.07) is 5.66. The number of hydrogen-bond donors (Lipinski definition) is 1. The maximum atomic E-state index is 10.5. The molecule has 0 saturated carbocycles. The van der Waals surface area contributed by atoms with Crippen LogP contribution >= 0.6 is 15.9 Å². The Balaban J connectivity index is 2.22. The number of aliphatic hydroxyl groups is 1. The van der Waals surface area contributed by atoms with Crippen LogP contribution in [0, 0.1) is 0 Å². The number of hydrogen-bond acceptors (Lipinski definition) is 3. The minimum absolute atomic E-state index is 0.477. The van der Waals surface area contributed by atoms with Gasteiger partial charge in [-0.2, -0.15) is 0 Å². The van der Waals surface area contributed by atoms with Gasteiger partial charge in [0, 0.05) is 11.1 Å². The summed E-state index contributed by atoms with van der Waals surface area (Å²) in [7, 11) is 0. The molecule has 0 aromatic heterocycles. The Kier molecular flexibility index (Phi) is 4.30. The number of benzene rings is 1. The highest BCUT2D eigenvalue weighted by atomic mass is 79.9. The lowest BCUT2D eigenvalue weighted by Crippen LogP contribution is -2.32. The molecular formula is C14H19BrO3. The molecule has 1 N–H and O–H groups in total. The Morgan fingerprint density at radius 3 is 2.89 bits per heavy atom. The van der Waals surface area contributed by atoms with Crippen molar-refractivity contribution >= 4 is 15.9 Å². The third-order valence-electron chi connectivity index (χ3n) is 3.41. The van der Waals surface area contributed by atoms with E-state index in [4.69, 9.17) is 9.47 Å². The monoisotopic (exact) mass is 314 g/mol. The molecule has 4 heteroatoms. The molecular weight excluding hydrogens is 296 g/mol. The maximum absolute atomic E-state index is 10.5. The molecule has 0 radical (unpaired) electrons. The Morgan fingerprint density at radius 2 is 2.33 bits per heavy atom. The molecule has 0 spiro atoms. The van der Waals surface area contributed by atoms with Crippen molar-refractivity contribution in [3.8, 4) is 5.75 Å². The van der Waals surface area contributed by atoms with Gasteiger partial charge in [-0.05, 0) is 44.4 Å². The molecule has 3 nitrogen and oxygen atoms in total. The van der Waals surface area contributed by atoms with Gasteiger partial charge < -0.3 is 14.6 Å². The van der Waals surface area contributed by atoms with Crippen LogP contribution in [-0.2, 0) is 4.74 Å². The normalized spacial score (nSPS) is 25.1. The van der Waals surface area contributed by atoms with Crippen LogP contribution in [0.15, 0.2) is 22.7 Å². The van der Waals surface area contributed by atoms with Gasteiger partial charge in [0.05, 0.1) is 12.2 Å². The van der Waals surface area contributed by atoms with Crippen molar-refractivity contribution in [3.63, 3.8) is 0 Å². The molecule has 18 heavy (non-hydrogen) atoms. The standard InChI is InChI=1S/C14H19BrO3/c1-3-17-10-5-6-11(12(15)9-10)13(16)14(2)7-4-8-18-14/h5-6,9,13,16H,3-4,7-8H2,1-2H3. The van der Waals surface area contributed by atoms with Crippen molar-refractivity contribution in [1.82, 2.24) is 0 Å². The summed E-state index contributed by atoms with van der Waals surface area (Å²) in [5.74, 6) is 0.804. The largest absolute Gasteiger partial charge is 0.494 e. The molecule has 1 aliphatic heterocycles. The fraction of sp³-hybridized carbons (Fsp3) is 0.571. The Hall–Kier alpha value is -0.580. The smallest absolute Gasteiger partial charge is 0.120 e. The molecule has 2 unspecified atom stereocenters. The highest BCUT2D eigenvalue weighted by molar-refractivity contribution is 9.10. The molecule has 1 aromatic rings. The molecule has 0 bridgehead atoms. The summed E-state index contributed by atoms with van der Waals surface area (Å²) in [6.07, 6.45) is 1.26. The highest BCUT2D eigenvalue weighted by Gasteiger charge is 2.39. The van der Waals surface area contributed by atoms with Crippen molar-refractivity contribution in [2.45, 2.75) is 38.4 Å². The molecule has 1 fully saturated rings. The summed E-state index contributed by atoms with van der Waals surface area (Å²) in [5.41, 5.74) is 0.373. The van der Waals surface area contributed by atoms with E-state index < -0.39 is 11.7 Å². The molecule has 2 rings (SSSR count). The second kappa shape index (κ2) is 5.59. The third kappa shape index (κ3) is 2.71. The molecule has 1 aromatic carbocycles. The van der Waals surface area contributed by atoms with Crippen molar-refractivity contribution in [2.24, 2.45) is 0 Å². The first-order valence-electron chi connectivity index (χ1n) is 6.31. The van der Waals surface area contributed by atoms with Gasteiger partial charge in [-0.15, -0.1) is 0 Å². The van der Waals surface area contributed by atoms with E-state index in [0.717, 1.165) is 35.2 Å². The number of rotatable bonds is 4. The van der Waals surface area contributed by atoms with Gasteiger partial charge in [0.25, 0.3) is 0 Å². The van der Waals surface area contributed by atoms with Gasteiger partial charge in [-0.1, -0.05) is 22.0 Å². The zero-order valence-corrected chi connectivity index (χ0v) is 12.4. The van der Waals surface area contributed by atoms with E-state index in [9.17, 15) is 5.11 Å². The molecule has 100 valence electrons. The minimum atomic E-state index is -0.620. The van der Waals surface area contributed by atoms with Gasteiger partial charge in [0.2, 0.25) is 0 Å². The molecule has 2 atom stereocenters. The second-order valence-corrected chi connectivity index (χ2v) is 5.64. The highest BCUT2D eigenvalue weighted by Crippen LogP contribution is 2.40. The van der Waals surface area contributed by atoms with Crippen molar-refractivity contribution in [3.05, 3.63) is 28.2 Å². The predicted octanol–water partition coefficient (Wildman–Crippen LogP) is 3.45. The zero-order chi connectivity index (χ0) is 13.2. The van der Waals surface area contributed by atoms with Gasteiger partial charge in [-0.3, -0.25) is 0 Å². The summed E-state index contributed by atoms with van der Waals surface area (Å²) < 4.78 is 12.0. The first kappa shape index (κ1) is 13.8. The summed E-state index contributed by atoms with van der Waals surface area (Å²) >= 11 is 3.49. The maximum Gasteiger partial charge on any atom is 0.120 e. The van der Waals surface area contributed by atoms with Crippen LogP contribution in [0.5, 0.6) is 5.75 Å². The summed E-state index contributed by atoms with van der Waals surface area (Å²) in [5, 5.41) is 10.5. The molecule has 0 amide bonds. The first-order valence-corrected chi connectivity index (χ1v) is 7.10. The van der Waals surface area contributed by atoms with Crippen molar-refractivity contribution < 1.29 is 14.6 Å². The van der Waals surface area contributed by atoms with Gasteiger partial charge >= 0.3 is 0 Å². The average Bonchev–Trinajstić information content (AvgIpc) is 2.77. The molecule has 1 saturated heterocycles. The average molecular weight is 315 g/mol. The third-order valence-corrected chi connectivity index (χ3v) is 4.09. The van der Waals surface area contributed by atoms with E-state index in [0.29, 0.717) is 6.61 Å². The fourth-order valence-corrected chi connectivity index (χ4v) is 2.91. The van der Waals surface area contributed by atoms with Crippen molar-refractivity contribution in [2.75, 3.05) is 13.2 Å². The van der Waals surface area contributed by atoms with E-state index in [1.165, 1.54) is 0 Å². The molecule has 1 heterocycles. The van der Waals surface area contributed by atoms with Crippen LogP contribution in [0.4, 0.5) is 0 Å². The van der Waals surface area contributed by atoms with E-state index >= 15 is 0 Å². The number of ether oxygens (including phenoxy) is 2. The lowest BCUT2D eigenvalue weighted by molar-refractivity contribution is -0.0799. The van der Waals surface area contributed by atoms with E-state index in [1.807, 2.05) is 32.0 Å². The van der Waals surface area contributed by atoms with Crippen LogP contribution in [0.3, 0.4) is 0 Å². The Morgan fingerprint density at radius 1 is 1.56 bits per heavy atom. The molecule has 1 aliphatic rings. The van der Waals surface area contributed by atoms with Gasteiger partial charge in [0.15, 0.2) is 0 Å². The number of halogens is 1. The molecule has 0 aliphatic carbocycles. The Labute approximate surface area is 116 Å². The summed E-state index contributed by atoms with van der Waals surface area (Å²) in [6.45, 7) is 5.27. The first-order chi connectivity index (χ1) is 8.57. The fourth-order valence-electron chi connectivity index (χ4n) is 2.33. The van der Waals surface area contributed by atoms with Crippen LogP contribution in [-0.4, -0.2) is 23.9 Å². The SMILES string of the molecule is CCOc1ccc(C(O)C2(C)CCCO2)c(Br)c1. The van der Waals surface area contributed by atoms with E-state index in [2.05, 4.69) is 15.9 Å². The summed E-state index contributed by atoms with van der Waals surface area (Å²) in [4.78, 5) is 0. The quantitative estimate of drug-likeness (QED) is 0.925. The van der Waals surface area contributed by atoms with Crippen LogP contribution in [0.25, 0.3) is 0 Å². The van der Waals surface area contributed by atoms with Gasteiger partial charge in [-0.25, -0.2) is 0 Å². The van der Waals surface area contributed by atoms with Crippen LogP contribution in [0.1, 0.15) is 38.4 Å². The Bertz CT molecular complexity index is 414. The van der Waals surface area contributed by atoms with Crippen molar-refractivity contribution in [1.29, 1.82) is 0 Å². The zero-order valence-electron chi connectivity index (χ0n) is 10.8. The van der Waals surface area contributed by atoms with E-state index in [-0.39, 0.29) is 0 Å². The lowest BCUT2D eigenvalue weighted by atomic mass is 9.90. The predicted molar refractivity (Wildman–Crippen MR) is 73.9 cm³/mol. The number of aliphatic hydroxyl groups excluding tert-OH is 1. The second-order valence-electron chi connectivity index (χ2n) is 4.78.